The maximum atomic E-state index is 13.5. The third kappa shape index (κ3) is 5.05. The first-order valence-electron chi connectivity index (χ1n) is 12.5. The van der Waals surface area contributed by atoms with Crippen LogP contribution < -0.4 is 14.4 Å². The van der Waals surface area contributed by atoms with Crippen LogP contribution in [0.1, 0.15) is 61.9 Å². The van der Waals surface area contributed by atoms with Gasteiger partial charge in [-0.2, -0.15) is 0 Å². The number of carbonyl (C=O) groups excluding carboxylic acids is 3. The Bertz CT molecular complexity index is 1420. The number of carbonyl (C=O) groups is 3. The van der Waals surface area contributed by atoms with Gasteiger partial charge in [-0.25, -0.2) is 0 Å². The van der Waals surface area contributed by atoms with Gasteiger partial charge in [-0.05, 0) is 71.5 Å². The van der Waals surface area contributed by atoms with Gasteiger partial charge in [0, 0.05) is 18.2 Å². The Labute approximate surface area is 222 Å². The zero-order valence-electron chi connectivity index (χ0n) is 22.1. The molecular weight excluding hydrogens is 482 g/mol. The highest BCUT2D eigenvalue weighted by Crippen LogP contribution is 2.43. The third-order valence-corrected chi connectivity index (χ3v) is 6.63. The lowest BCUT2D eigenvalue weighted by molar-refractivity contribution is -0.132. The molecule has 1 atom stereocenters. The zero-order chi connectivity index (χ0) is 27.6. The molecule has 1 fully saturated rings. The smallest absolute Gasteiger partial charge is 0.308 e. The Morgan fingerprint density at radius 1 is 1.03 bits per heavy atom. The molecule has 0 aliphatic carbocycles. The van der Waals surface area contributed by atoms with Gasteiger partial charge >= 0.3 is 5.97 Å². The lowest BCUT2D eigenvalue weighted by atomic mass is 9.93. The van der Waals surface area contributed by atoms with Crippen LogP contribution in [0.15, 0.2) is 72.3 Å². The summed E-state index contributed by atoms with van der Waals surface area (Å²) < 4.78 is 10.7. The van der Waals surface area contributed by atoms with Crippen molar-refractivity contribution < 1.29 is 29.0 Å². The van der Waals surface area contributed by atoms with Crippen molar-refractivity contribution in [1.82, 2.24) is 0 Å². The van der Waals surface area contributed by atoms with Gasteiger partial charge in [0.05, 0.1) is 18.7 Å². The van der Waals surface area contributed by atoms with Crippen LogP contribution in [-0.4, -0.2) is 29.9 Å². The first-order chi connectivity index (χ1) is 18.2. The van der Waals surface area contributed by atoms with E-state index in [-0.39, 0.29) is 23.0 Å². The van der Waals surface area contributed by atoms with Gasteiger partial charge in [0.15, 0.2) is 0 Å². The monoisotopic (exact) mass is 513 g/mol. The van der Waals surface area contributed by atoms with E-state index in [1.165, 1.54) is 11.8 Å². The highest BCUT2D eigenvalue weighted by atomic mass is 16.5. The molecule has 1 aliphatic heterocycles. The summed E-state index contributed by atoms with van der Waals surface area (Å²) in [6, 6.07) is 18.2. The SMILES string of the molecule is CCc1ccc(N2C(=O)C(=O)/C(=C(/O)c3ccc(OC)c(C(C)C)c3)C2c2cccc(OC(C)=O)c2)cc1. The van der Waals surface area contributed by atoms with E-state index in [1.54, 1.807) is 61.7 Å². The molecule has 1 N–H and O–H groups in total. The second kappa shape index (κ2) is 10.9. The molecule has 1 unspecified atom stereocenters. The van der Waals surface area contributed by atoms with Crippen molar-refractivity contribution in [2.75, 3.05) is 12.0 Å². The minimum Gasteiger partial charge on any atom is -0.507 e. The summed E-state index contributed by atoms with van der Waals surface area (Å²) in [7, 11) is 1.58. The molecule has 1 aliphatic rings. The fraction of sp³-hybridized carbons (Fsp3) is 0.258. The topological polar surface area (TPSA) is 93.1 Å². The Morgan fingerprint density at radius 3 is 2.34 bits per heavy atom. The molecule has 1 heterocycles. The quantitative estimate of drug-likeness (QED) is 0.138. The van der Waals surface area contributed by atoms with Gasteiger partial charge in [0.2, 0.25) is 0 Å². The number of ketones is 1. The summed E-state index contributed by atoms with van der Waals surface area (Å²) in [6.45, 7) is 7.33. The van der Waals surface area contributed by atoms with Gasteiger partial charge in [-0.1, -0.05) is 45.0 Å². The van der Waals surface area contributed by atoms with E-state index >= 15 is 0 Å². The molecule has 7 nitrogen and oxygen atoms in total. The fourth-order valence-corrected chi connectivity index (χ4v) is 4.71. The molecule has 38 heavy (non-hydrogen) atoms. The lowest BCUT2D eigenvalue weighted by Gasteiger charge is -2.26. The lowest BCUT2D eigenvalue weighted by Crippen LogP contribution is -2.29. The normalized spacial score (nSPS) is 16.7. The summed E-state index contributed by atoms with van der Waals surface area (Å²) >= 11 is 0. The van der Waals surface area contributed by atoms with Crippen LogP contribution in [0.25, 0.3) is 5.76 Å². The highest BCUT2D eigenvalue weighted by Gasteiger charge is 2.47. The number of rotatable bonds is 7. The van der Waals surface area contributed by atoms with Crippen molar-refractivity contribution in [3.63, 3.8) is 0 Å². The number of aliphatic hydroxyl groups is 1. The van der Waals surface area contributed by atoms with Crippen molar-refractivity contribution in [2.24, 2.45) is 0 Å². The van der Waals surface area contributed by atoms with Crippen molar-refractivity contribution in [3.8, 4) is 11.5 Å². The minimum absolute atomic E-state index is 0.0468. The van der Waals surface area contributed by atoms with Crippen LogP contribution in [0, 0.1) is 0 Å². The number of nitrogens with zero attached hydrogens (tertiary/aromatic N) is 1. The number of Topliss-reactive ketones (excluding diaryl/α,β-unsaturated/α-hetero) is 1. The molecule has 1 amide bonds. The standard InChI is InChI=1S/C31H31NO6/c1-6-20-10-13-23(14-11-20)32-28(21-8-7-9-24(16-21)38-19(4)33)27(30(35)31(32)36)29(34)22-12-15-26(37-5)25(17-22)18(2)3/h7-18,28,34H,6H2,1-5H3/b29-27+. The van der Waals surface area contributed by atoms with Gasteiger partial charge in [0.1, 0.15) is 17.3 Å². The van der Waals surface area contributed by atoms with Crippen molar-refractivity contribution >= 4 is 29.1 Å². The number of aryl methyl sites for hydroxylation is 1. The number of methoxy groups -OCH3 is 1. The Balaban J connectivity index is 1.94. The molecule has 3 aromatic rings. The van der Waals surface area contributed by atoms with Crippen LogP contribution in [-0.2, 0) is 20.8 Å². The largest absolute Gasteiger partial charge is 0.507 e. The molecule has 0 bridgehead atoms. The molecule has 0 spiro atoms. The first-order valence-corrected chi connectivity index (χ1v) is 12.5. The Kier molecular flexibility index (Phi) is 7.67. The van der Waals surface area contributed by atoms with Crippen LogP contribution in [0.3, 0.4) is 0 Å². The summed E-state index contributed by atoms with van der Waals surface area (Å²) in [6.07, 6.45) is 0.822. The van der Waals surface area contributed by atoms with Gasteiger partial charge in [-0.15, -0.1) is 0 Å². The van der Waals surface area contributed by atoms with Gasteiger partial charge in [-0.3, -0.25) is 19.3 Å². The van der Waals surface area contributed by atoms with Crippen molar-refractivity contribution in [1.29, 1.82) is 0 Å². The molecule has 0 saturated carbocycles. The van der Waals surface area contributed by atoms with E-state index in [1.807, 2.05) is 32.9 Å². The number of ether oxygens (including phenoxy) is 2. The number of aliphatic hydroxyl groups excluding tert-OH is 1. The average Bonchev–Trinajstić information content (AvgIpc) is 3.17. The summed E-state index contributed by atoms with van der Waals surface area (Å²) in [5.74, 6) is -1.31. The number of amides is 1. The molecule has 196 valence electrons. The molecule has 3 aromatic carbocycles. The van der Waals surface area contributed by atoms with Gasteiger partial charge < -0.3 is 14.6 Å². The predicted molar refractivity (Wildman–Crippen MR) is 145 cm³/mol. The number of esters is 1. The summed E-state index contributed by atoms with van der Waals surface area (Å²) in [5.41, 5.74) is 3.32. The van der Waals surface area contributed by atoms with Crippen molar-refractivity contribution in [2.45, 2.75) is 46.1 Å². The summed E-state index contributed by atoms with van der Waals surface area (Å²) in [5, 5.41) is 11.5. The minimum atomic E-state index is -0.942. The van der Waals surface area contributed by atoms with E-state index in [9.17, 15) is 19.5 Å². The predicted octanol–water partition coefficient (Wildman–Crippen LogP) is 5.93. The van der Waals surface area contributed by atoms with Crippen molar-refractivity contribution in [3.05, 3.63) is 94.6 Å². The van der Waals surface area contributed by atoms with Gasteiger partial charge in [0.25, 0.3) is 11.7 Å². The molecule has 0 aromatic heterocycles. The molecular formula is C31H31NO6. The maximum absolute atomic E-state index is 13.5. The Hall–Kier alpha value is -4.39. The Morgan fingerprint density at radius 2 is 1.74 bits per heavy atom. The molecule has 0 radical (unpaired) electrons. The average molecular weight is 514 g/mol. The van der Waals surface area contributed by atoms with Crippen LogP contribution in [0.5, 0.6) is 11.5 Å². The van der Waals surface area contributed by atoms with Crippen LogP contribution in [0.4, 0.5) is 5.69 Å². The number of anilines is 1. The maximum Gasteiger partial charge on any atom is 0.308 e. The molecule has 1 saturated heterocycles. The number of benzene rings is 3. The second-order valence-electron chi connectivity index (χ2n) is 9.47. The molecule has 7 heteroatoms. The van der Waals surface area contributed by atoms with E-state index in [0.717, 1.165) is 17.5 Å². The highest BCUT2D eigenvalue weighted by molar-refractivity contribution is 6.51. The van der Waals surface area contributed by atoms with Crippen LogP contribution >= 0.6 is 0 Å². The number of hydrogen-bond donors (Lipinski definition) is 1. The van der Waals surface area contributed by atoms with E-state index in [0.29, 0.717) is 22.6 Å². The van der Waals surface area contributed by atoms with Crippen LogP contribution in [0.2, 0.25) is 0 Å². The number of hydrogen-bond acceptors (Lipinski definition) is 6. The van der Waals surface area contributed by atoms with E-state index < -0.39 is 23.7 Å². The van der Waals surface area contributed by atoms with E-state index in [4.69, 9.17) is 9.47 Å². The molecule has 4 rings (SSSR count). The first kappa shape index (κ1) is 26.7. The third-order valence-electron chi connectivity index (χ3n) is 6.63. The second-order valence-corrected chi connectivity index (χ2v) is 9.47. The van der Waals surface area contributed by atoms with E-state index in [2.05, 4.69) is 0 Å². The fourth-order valence-electron chi connectivity index (χ4n) is 4.71. The summed E-state index contributed by atoms with van der Waals surface area (Å²) in [4.78, 5) is 39.9. The zero-order valence-corrected chi connectivity index (χ0v) is 22.1.